The van der Waals surface area contributed by atoms with Crippen molar-refractivity contribution in [3.63, 3.8) is 0 Å². The minimum atomic E-state index is 0.859. The zero-order valence-electron chi connectivity index (χ0n) is 13.7. The zero-order valence-corrected chi connectivity index (χ0v) is 13.7. The predicted octanol–water partition coefficient (Wildman–Crippen LogP) is 5.01. The van der Waals surface area contributed by atoms with Gasteiger partial charge >= 0.3 is 0 Å². The molecule has 2 heteroatoms. The Labute approximate surface area is 139 Å². The molecule has 23 heavy (non-hydrogen) atoms. The highest BCUT2D eigenvalue weighted by Gasteiger charge is 2.20. The number of hydrogen-bond donors (Lipinski definition) is 0. The first-order valence-corrected chi connectivity index (χ1v) is 7.84. The van der Waals surface area contributed by atoms with Gasteiger partial charge in [0.05, 0.1) is 0 Å². The SMILES string of the molecule is C=C/C=C\N=C(C(=C)C(=C)c1ccccc1)N1CCC(=C)CC1. The molecule has 1 aliphatic rings. The molecule has 0 bridgehead atoms. The average Bonchev–Trinajstić information content (AvgIpc) is 2.59. The summed E-state index contributed by atoms with van der Waals surface area (Å²) in [6, 6.07) is 10.1. The Hall–Kier alpha value is -2.61. The van der Waals surface area contributed by atoms with Crippen molar-refractivity contribution in [3.8, 4) is 0 Å². The van der Waals surface area contributed by atoms with Crippen molar-refractivity contribution >= 4 is 11.4 Å². The molecule has 0 N–H and O–H groups in total. The van der Waals surface area contributed by atoms with E-state index in [4.69, 9.17) is 0 Å². The van der Waals surface area contributed by atoms with Crippen molar-refractivity contribution in [1.82, 2.24) is 4.90 Å². The highest BCUT2D eigenvalue weighted by Crippen LogP contribution is 2.24. The van der Waals surface area contributed by atoms with E-state index in [2.05, 4.69) is 36.2 Å². The number of hydrogen-bond acceptors (Lipinski definition) is 1. The largest absolute Gasteiger partial charge is 0.355 e. The van der Waals surface area contributed by atoms with E-state index in [-0.39, 0.29) is 0 Å². The first-order valence-electron chi connectivity index (χ1n) is 7.84. The maximum Gasteiger partial charge on any atom is 0.135 e. The van der Waals surface area contributed by atoms with Gasteiger partial charge in [-0.2, -0.15) is 0 Å². The average molecular weight is 304 g/mol. The Bertz CT molecular complexity index is 652. The minimum absolute atomic E-state index is 0.859. The number of nitrogens with zero attached hydrogens (tertiary/aromatic N) is 2. The molecule has 0 amide bonds. The second-order valence-corrected chi connectivity index (χ2v) is 5.59. The van der Waals surface area contributed by atoms with Crippen LogP contribution in [-0.2, 0) is 0 Å². The Morgan fingerprint density at radius 1 is 1.09 bits per heavy atom. The second-order valence-electron chi connectivity index (χ2n) is 5.59. The molecular weight excluding hydrogens is 280 g/mol. The predicted molar refractivity (Wildman–Crippen MR) is 101 cm³/mol. The van der Waals surface area contributed by atoms with E-state index in [1.807, 2.05) is 36.4 Å². The first-order chi connectivity index (χ1) is 11.1. The van der Waals surface area contributed by atoms with Crippen LogP contribution in [0.4, 0.5) is 0 Å². The molecular formula is C21H24N2. The molecule has 2 nitrogen and oxygen atoms in total. The fourth-order valence-corrected chi connectivity index (χ4v) is 2.51. The molecule has 1 aliphatic heterocycles. The van der Waals surface area contributed by atoms with Crippen molar-refractivity contribution in [1.29, 1.82) is 0 Å². The summed E-state index contributed by atoms with van der Waals surface area (Å²) in [4.78, 5) is 6.87. The molecule has 1 fully saturated rings. The molecule has 0 aromatic heterocycles. The first kappa shape index (κ1) is 16.8. The van der Waals surface area contributed by atoms with Gasteiger partial charge in [0.15, 0.2) is 0 Å². The van der Waals surface area contributed by atoms with Gasteiger partial charge in [-0.3, -0.25) is 0 Å². The third kappa shape index (κ3) is 4.43. The summed E-state index contributed by atoms with van der Waals surface area (Å²) < 4.78 is 0. The highest BCUT2D eigenvalue weighted by atomic mass is 15.2. The topological polar surface area (TPSA) is 15.6 Å². The summed E-state index contributed by atoms with van der Waals surface area (Å²) in [6.45, 7) is 18.1. The lowest BCUT2D eigenvalue weighted by Gasteiger charge is -2.32. The lowest BCUT2D eigenvalue weighted by Crippen LogP contribution is -2.37. The second kappa shape index (κ2) is 8.14. The molecule has 0 aliphatic carbocycles. The minimum Gasteiger partial charge on any atom is -0.355 e. The van der Waals surface area contributed by atoms with E-state index in [1.165, 1.54) is 5.57 Å². The molecule has 118 valence electrons. The van der Waals surface area contributed by atoms with Crippen molar-refractivity contribution in [3.05, 3.63) is 91.7 Å². The Balaban J connectivity index is 2.26. The third-order valence-corrected chi connectivity index (χ3v) is 3.95. The molecule has 1 aromatic rings. The van der Waals surface area contributed by atoms with Gasteiger partial charge in [0, 0.05) is 24.9 Å². The van der Waals surface area contributed by atoms with Crippen LogP contribution < -0.4 is 0 Å². The van der Waals surface area contributed by atoms with Crippen molar-refractivity contribution in [2.45, 2.75) is 12.8 Å². The quantitative estimate of drug-likeness (QED) is 0.323. The molecule has 1 aromatic carbocycles. The zero-order chi connectivity index (χ0) is 16.7. The number of allylic oxidation sites excluding steroid dienone is 2. The lowest BCUT2D eigenvalue weighted by atomic mass is 9.98. The van der Waals surface area contributed by atoms with Crippen molar-refractivity contribution in [2.24, 2.45) is 4.99 Å². The van der Waals surface area contributed by atoms with Crippen LogP contribution in [0.2, 0.25) is 0 Å². The van der Waals surface area contributed by atoms with Gasteiger partial charge in [0.1, 0.15) is 5.84 Å². The van der Waals surface area contributed by atoms with E-state index >= 15 is 0 Å². The van der Waals surface area contributed by atoms with E-state index in [0.717, 1.165) is 48.5 Å². The van der Waals surface area contributed by atoms with Crippen LogP contribution in [0.3, 0.4) is 0 Å². The molecule has 0 radical (unpaired) electrons. The third-order valence-electron chi connectivity index (χ3n) is 3.95. The van der Waals surface area contributed by atoms with Gasteiger partial charge < -0.3 is 4.90 Å². The Morgan fingerprint density at radius 2 is 1.74 bits per heavy atom. The fourth-order valence-electron chi connectivity index (χ4n) is 2.51. The molecule has 0 atom stereocenters. The maximum absolute atomic E-state index is 4.61. The summed E-state index contributed by atoms with van der Waals surface area (Å²) in [6.07, 6.45) is 7.29. The number of likely N-dealkylation sites (tertiary alicyclic amines) is 1. The van der Waals surface area contributed by atoms with Gasteiger partial charge in [-0.25, -0.2) is 4.99 Å². The maximum atomic E-state index is 4.61. The molecule has 1 heterocycles. The monoisotopic (exact) mass is 304 g/mol. The van der Waals surface area contributed by atoms with E-state index < -0.39 is 0 Å². The van der Waals surface area contributed by atoms with E-state index in [9.17, 15) is 0 Å². The normalized spacial score (nSPS) is 15.7. The molecule has 2 rings (SSSR count). The number of benzene rings is 1. The van der Waals surface area contributed by atoms with Crippen LogP contribution in [-0.4, -0.2) is 23.8 Å². The van der Waals surface area contributed by atoms with Crippen LogP contribution in [0.25, 0.3) is 5.57 Å². The number of amidine groups is 1. The number of aliphatic imine (C=N–C) groups is 1. The van der Waals surface area contributed by atoms with Gasteiger partial charge in [-0.15, -0.1) is 0 Å². The Morgan fingerprint density at radius 3 is 2.35 bits per heavy atom. The fraction of sp³-hybridized carbons (Fsp3) is 0.190. The van der Waals surface area contributed by atoms with Crippen molar-refractivity contribution < 1.29 is 0 Å². The van der Waals surface area contributed by atoms with Crippen LogP contribution >= 0.6 is 0 Å². The van der Waals surface area contributed by atoms with E-state index in [0.29, 0.717) is 0 Å². The standard InChI is InChI=1S/C21H24N2/c1-5-6-14-22-21(23-15-12-17(2)13-16-23)19(4)18(3)20-10-8-7-9-11-20/h5-11,14H,1-4,12-13,15-16H2/b14-6-,22-21?. The van der Waals surface area contributed by atoms with Crippen LogP contribution in [0.5, 0.6) is 0 Å². The van der Waals surface area contributed by atoms with Crippen LogP contribution in [0.15, 0.2) is 91.1 Å². The van der Waals surface area contributed by atoms with Crippen LogP contribution in [0.1, 0.15) is 18.4 Å². The van der Waals surface area contributed by atoms with Gasteiger partial charge in [-0.05, 0) is 30.1 Å². The Kier molecular flexibility index (Phi) is 5.93. The number of piperidine rings is 1. The number of rotatable bonds is 5. The molecule has 0 saturated carbocycles. The van der Waals surface area contributed by atoms with Gasteiger partial charge in [-0.1, -0.05) is 68.3 Å². The summed E-state index contributed by atoms with van der Waals surface area (Å²) in [7, 11) is 0. The molecule has 0 spiro atoms. The summed E-state index contributed by atoms with van der Waals surface area (Å²) >= 11 is 0. The van der Waals surface area contributed by atoms with Gasteiger partial charge in [0.25, 0.3) is 0 Å². The molecule has 1 saturated heterocycles. The lowest BCUT2D eigenvalue weighted by molar-refractivity contribution is 0.389. The molecule has 0 unspecified atom stereocenters. The summed E-state index contributed by atoms with van der Waals surface area (Å²) in [5, 5.41) is 0. The van der Waals surface area contributed by atoms with Crippen LogP contribution in [0, 0.1) is 0 Å². The van der Waals surface area contributed by atoms with E-state index in [1.54, 1.807) is 12.3 Å². The summed E-state index contributed by atoms with van der Waals surface area (Å²) in [5.74, 6) is 0.879. The van der Waals surface area contributed by atoms with Gasteiger partial charge in [0.2, 0.25) is 0 Å². The summed E-state index contributed by atoms with van der Waals surface area (Å²) in [5.41, 5.74) is 4.13. The van der Waals surface area contributed by atoms with Crippen molar-refractivity contribution in [2.75, 3.05) is 13.1 Å². The highest BCUT2D eigenvalue weighted by molar-refractivity contribution is 6.11. The smallest absolute Gasteiger partial charge is 0.135 e.